The highest BCUT2D eigenvalue weighted by Gasteiger charge is 2.36. The number of aromatic amines is 1. The average Bonchev–Trinajstić information content (AvgIpc) is 2.44. The third kappa shape index (κ3) is 1.51. The van der Waals surface area contributed by atoms with E-state index in [1.165, 1.54) is 19.3 Å². The molecule has 0 atom stereocenters. The third-order valence-electron chi connectivity index (χ3n) is 2.94. The lowest BCUT2D eigenvalue weighted by atomic mass is 9.66. The van der Waals surface area contributed by atoms with E-state index in [9.17, 15) is 0 Å². The fourth-order valence-corrected chi connectivity index (χ4v) is 1.87. The summed E-state index contributed by atoms with van der Waals surface area (Å²) in [7, 11) is 0. The highest BCUT2D eigenvalue weighted by Crippen LogP contribution is 2.42. The minimum Gasteiger partial charge on any atom is -0.367 e. The first-order chi connectivity index (χ1) is 6.24. The van der Waals surface area contributed by atoms with E-state index >= 15 is 0 Å². The molecule has 5 N–H and O–H groups in total. The molecule has 1 aromatic rings. The van der Waals surface area contributed by atoms with Gasteiger partial charge in [0, 0.05) is 6.42 Å². The average molecular weight is 181 g/mol. The van der Waals surface area contributed by atoms with Crippen LogP contribution in [0, 0.1) is 5.41 Å². The number of hydrogen-bond donors (Lipinski definition) is 3. The highest BCUT2D eigenvalue weighted by atomic mass is 15.3. The van der Waals surface area contributed by atoms with Crippen molar-refractivity contribution in [3.63, 3.8) is 0 Å². The summed E-state index contributed by atoms with van der Waals surface area (Å²) < 4.78 is 0. The van der Waals surface area contributed by atoms with Gasteiger partial charge >= 0.3 is 0 Å². The minimum absolute atomic E-state index is 0.270. The predicted molar refractivity (Wildman–Crippen MR) is 49.8 cm³/mol. The Morgan fingerprint density at radius 1 is 1.46 bits per heavy atom. The molecule has 0 spiro atoms. The van der Waals surface area contributed by atoms with Gasteiger partial charge in [0.2, 0.25) is 5.95 Å². The normalized spacial score (nSPS) is 19.8. The first-order valence-electron chi connectivity index (χ1n) is 4.61. The largest absolute Gasteiger partial charge is 0.367 e. The van der Waals surface area contributed by atoms with Crippen molar-refractivity contribution in [1.82, 2.24) is 15.2 Å². The van der Waals surface area contributed by atoms with Crippen LogP contribution < -0.4 is 11.5 Å². The number of H-pyrrole nitrogens is 1. The van der Waals surface area contributed by atoms with Gasteiger partial charge in [-0.1, -0.05) is 6.42 Å². The Morgan fingerprint density at radius 3 is 2.62 bits per heavy atom. The van der Waals surface area contributed by atoms with Gasteiger partial charge in [-0.05, 0) is 24.8 Å². The van der Waals surface area contributed by atoms with E-state index in [-0.39, 0.29) is 5.41 Å². The molecule has 5 heteroatoms. The van der Waals surface area contributed by atoms with Crippen LogP contribution in [0.15, 0.2) is 0 Å². The van der Waals surface area contributed by atoms with Gasteiger partial charge in [-0.15, -0.1) is 5.10 Å². The molecule has 1 saturated carbocycles. The molecule has 0 amide bonds. The Bertz CT molecular complexity index is 283. The number of hydrogen-bond acceptors (Lipinski definition) is 4. The molecular weight excluding hydrogens is 166 g/mol. The molecule has 1 aliphatic rings. The fraction of sp³-hybridized carbons (Fsp3) is 0.750. The maximum absolute atomic E-state index is 5.73. The molecule has 0 radical (unpaired) electrons. The van der Waals surface area contributed by atoms with Crippen molar-refractivity contribution in [1.29, 1.82) is 0 Å². The summed E-state index contributed by atoms with van der Waals surface area (Å²) in [5, 5.41) is 6.62. The van der Waals surface area contributed by atoms with Gasteiger partial charge in [0.25, 0.3) is 0 Å². The molecule has 1 aliphatic carbocycles. The Morgan fingerprint density at radius 2 is 2.23 bits per heavy atom. The quantitative estimate of drug-likeness (QED) is 0.614. The number of nitrogens with zero attached hydrogens (tertiary/aromatic N) is 2. The summed E-state index contributed by atoms with van der Waals surface area (Å²) in [4.78, 5) is 4.08. The van der Waals surface area contributed by atoms with Crippen molar-refractivity contribution in [3.8, 4) is 0 Å². The molecule has 5 nitrogen and oxygen atoms in total. The monoisotopic (exact) mass is 181 g/mol. The van der Waals surface area contributed by atoms with Gasteiger partial charge in [0.15, 0.2) is 0 Å². The third-order valence-corrected chi connectivity index (χ3v) is 2.94. The number of nitrogens with two attached hydrogens (primary N) is 2. The van der Waals surface area contributed by atoms with E-state index < -0.39 is 0 Å². The van der Waals surface area contributed by atoms with Crippen LogP contribution in [0.4, 0.5) is 5.95 Å². The number of anilines is 1. The maximum Gasteiger partial charge on any atom is 0.239 e. The molecule has 0 saturated heterocycles. The second kappa shape index (κ2) is 2.99. The van der Waals surface area contributed by atoms with Crippen LogP contribution in [-0.4, -0.2) is 21.7 Å². The van der Waals surface area contributed by atoms with Gasteiger partial charge in [-0.2, -0.15) is 4.98 Å². The van der Waals surface area contributed by atoms with Crippen molar-refractivity contribution < 1.29 is 0 Å². The maximum atomic E-state index is 5.73. The zero-order chi connectivity index (χ0) is 9.31. The molecule has 0 aromatic carbocycles. The van der Waals surface area contributed by atoms with Gasteiger partial charge in [-0.25, -0.2) is 0 Å². The number of nitrogens with one attached hydrogen (secondary N) is 1. The first-order valence-corrected chi connectivity index (χ1v) is 4.61. The lowest BCUT2D eigenvalue weighted by Crippen LogP contribution is -2.39. The van der Waals surface area contributed by atoms with Crippen LogP contribution in [0.3, 0.4) is 0 Å². The molecule has 1 fully saturated rings. The summed E-state index contributed by atoms with van der Waals surface area (Å²) in [6.07, 6.45) is 4.56. The van der Waals surface area contributed by atoms with E-state index in [4.69, 9.17) is 11.5 Å². The molecule has 0 aliphatic heterocycles. The molecular formula is C8H15N5. The van der Waals surface area contributed by atoms with Gasteiger partial charge < -0.3 is 11.5 Å². The Kier molecular flexibility index (Phi) is 1.95. The molecule has 13 heavy (non-hydrogen) atoms. The molecule has 2 rings (SSSR count). The second-order valence-electron chi connectivity index (χ2n) is 3.87. The highest BCUT2D eigenvalue weighted by molar-refractivity contribution is 5.13. The van der Waals surface area contributed by atoms with E-state index in [0.717, 1.165) is 18.8 Å². The van der Waals surface area contributed by atoms with E-state index in [2.05, 4.69) is 15.2 Å². The van der Waals surface area contributed by atoms with Crippen LogP contribution in [0.5, 0.6) is 0 Å². The van der Waals surface area contributed by atoms with Crippen LogP contribution in [-0.2, 0) is 6.42 Å². The molecule has 0 bridgehead atoms. The zero-order valence-corrected chi connectivity index (χ0v) is 7.58. The Balaban J connectivity index is 2.04. The molecule has 1 aromatic heterocycles. The fourth-order valence-electron chi connectivity index (χ4n) is 1.87. The summed E-state index contributed by atoms with van der Waals surface area (Å²) in [6, 6.07) is 0. The van der Waals surface area contributed by atoms with Crippen molar-refractivity contribution in [2.75, 3.05) is 12.3 Å². The topological polar surface area (TPSA) is 93.6 Å². The van der Waals surface area contributed by atoms with Gasteiger partial charge in [0.1, 0.15) is 5.82 Å². The molecule has 1 heterocycles. The summed E-state index contributed by atoms with van der Waals surface area (Å²) in [6.45, 7) is 0.730. The van der Waals surface area contributed by atoms with Crippen molar-refractivity contribution in [2.24, 2.45) is 11.1 Å². The number of rotatable bonds is 3. The smallest absolute Gasteiger partial charge is 0.239 e. The van der Waals surface area contributed by atoms with Crippen molar-refractivity contribution >= 4 is 5.95 Å². The van der Waals surface area contributed by atoms with Crippen LogP contribution >= 0.6 is 0 Å². The van der Waals surface area contributed by atoms with Crippen molar-refractivity contribution in [2.45, 2.75) is 25.7 Å². The van der Waals surface area contributed by atoms with E-state index in [1.807, 2.05) is 0 Å². The first kappa shape index (κ1) is 8.50. The molecule has 0 unspecified atom stereocenters. The van der Waals surface area contributed by atoms with Gasteiger partial charge in [0.05, 0.1) is 0 Å². The summed E-state index contributed by atoms with van der Waals surface area (Å²) in [5.74, 6) is 1.18. The van der Waals surface area contributed by atoms with E-state index in [0.29, 0.717) is 5.95 Å². The Labute approximate surface area is 76.9 Å². The lowest BCUT2D eigenvalue weighted by Gasteiger charge is -2.40. The Hall–Kier alpha value is -1.10. The standard InChI is InChI=1S/C8H15N5/c9-5-8(2-1-3-8)4-6-11-7(10)13-12-6/h1-5,9H2,(H3,10,11,12,13). The zero-order valence-electron chi connectivity index (χ0n) is 7.58. The van der Waals surface area contributed by atoms with Gasteiger partial charge in [-0.3, -0.25) is 5.10 Å². The van der Waals surface area contributed by atoms with E-state index in [1.54, 1.807) is 0 Å². The summed E-state index contributed by atoms with van der Waals surface area (Å²) in [5.41, 5.74) is 11.4. The van der Waals surface area contributed by atoms with Crippen molar-refractivity contribution in [3.05, 3.63) is 5.82 Å². The lowest BCUT2D eigenvalue weighted by molar-refractivity contribution is 0.141. The summed E-state index contributed by atoms with van der Waals surface area (Å²) >= 11 is 0. The SMILES string of the molecule is NCC1(Cc2nc(N)n[nH]2)CCC1. The molecule has 72 valence electrons. The number of nitrogen functional groups attached to an aromatic ring is 1. The van der Waals surface area contributed by atoms with Crippen LogP contribution in [0.2, 0.25) is 0 Å². The van der Waals surface area contributed by atoms with Crippen LogP contribution in [0.1, 0.15) is 25.1 Å². The predicted octanol–water partition coefficient (Wildman–Crippen LogP) is 0.0584. The second-order valence-corrected chi connectivity index (χ2v) is 3.87. The minimum atomic E-state index is 0.270. The number of aromatic nitrogens is 3. The van der Waals surface area contributed by atoms with Crippen LogP contribution in [0.25, 0.3) is 0 Å².